The third-order valence-electron chi connectivity index (χ3n) is 3.13. The predicted octanol–water partition coefficient (Wildman–Crippen LogP) is 1.95. The van der Waals surface area contributed by atoms with Gasteiger partial charge in [-0.2, -0.15) is 0 Å². The Morgan fingerprint density at radius 2 is 2.21 bits per heavy atom. The molecule has 1 rings (SSSR count). The van der Waals surface area contributed by atoms with Crippen LogP contribution in [0.3, 0.4) is 0 Å². The van der Waals surface area contributed by atoms with Crippen LogP contribution in [0.4, 0.5) is 0 Å². The van der Waals surface area contributed by atoms with E-state index < -0.39 is 0 Å². The fourth-order valence-corrected chi connectivity index (χ4v) is 1.89. The second-order valence-electron chi connectivity index (χ2n) is 4.39. The molecule has 0 aliphatic heterocycles. The van der Waals surface area contributed by atoms with Crippen molar-refractivity contribution >= 4 is 0 Å². The number of likely N-dealkylation sites (N-methyl/N-ethyl adjacent to an activating group) is 1. The fraction of sp³-hybridized carbons (Fsp3) is 0.833. The molecule has 1 saturated carbocycles. The van der Waals surface area contributed by atoms with E-state index >= 15 is 0 Å². The van der Waals surface area contributed by atoms with E-state index in [1.54, 1.807) is 0 Å². The highest BCUT2D eigenvalue weighted by Crippen LogP contribution is 2.35. The van der Waals surface area contributed by atoms with Crippen LogP contribution in [-0.2, 0) is 0 Å². The van der Waals surface area contributed by atoms with Crippen LogP contribution in [0, 0.1) is 11.8 Å². The van der Waals surface area contributed by atoms with Crippen molar-refractivity contribution in [3.05, 3.63) is 11.6 Å². The standard InChI is InChI=1S/C12H23NO/c1-4-9(2)7-11(8-14)12(13-3)10-5-6-10/h7,9-10,12-14H,4-6,8H2,1-3H3/b11-7-. The minimum absolute atomic E-state index is 0.201. The van der Waals surface area contributed by atoms with Gasteiger partial charge in [-0.3, -0.25) is 0 Å². The molecule has 1 aliphatic carbocycles. The summed E-state index contributed by atoms with van der Waals surface area (Å²) in [7, 11) is 1.99. The van der Waals surface area contributed by atoms with Gasteiger partial charge in [0.25, 0.3) is 0 Å². The van der Waals surface area contributed by atoms with E-state index in [4.69, 9.17) is 0 Å². The second-order valence-corrected chi connectivity index (χ2v) is 4.39. The van der Waals surface area contributed by atoms with Crippen molar-refractivity contribution < 1.29 is 5.11 Å². The number of hydrogen-bond acceptors (Lipinski definition) is 2. The maximum absolute atomic E-state index is 9.34. The number of allylic oxidation sites excluding steroid dienone is 1. The van der Waals surface area contributed by atoms with Crippen LogP contribution < -0.4 is 5.32 Å². The van der Waals surface area contributed by atoms with Crippen molar-refractivity contribution in [2.24, 2.45) is 11.8 Å². The normalized spacial score (nSPS) is 22.1. The molecule has 0 saturated heterocycles. The van der Waals surface area contributed by atoms with Gasteiger partial charge in [0, 0.05) is 6.04 Å². The zero-order valence-electron chi connectivity index (χ0n) is 9.59. The highest BCUT2D eigenvalue weighted by Gasteiger charge is 2.32. The number of aliphatic hydroxyl groups is 1. The van der Waals surface area contributed by atoms with Crippen LogP contribution >= 0.6 is 0 Å². The summed E-state index contributed by atoms with van der Waals surface area (Å²) in [6.45, 7) is 4.59. The molecule has 2 heteroatoms. The highest BCUT2D eigenvalue weighted by molar-refractivity contribution is 5.16. The quantitative estimate of drug-likeness (QED) is 0.638. The molecule has 1 fully saturated rings. The van der Waals surface area contributed by atoms with Gasteiger partial charge in [0.15, 0.2) is 0 Å². The van der Waals surface area contributed by atoms with Crippen LogP contribution in [0.2, 0.25) is 0 Å². The van der Waals surface area contributed by atoms with Crippen molar-refractivity contribution in [1.82, 2.24) is 5.32 Å². The minimum Gasteiger partial charge on any atom is -0.392 e. The summed E-state index contributed by atoms with van der Waals surface area (Å²) in [5, 5.41) is 12.7. The van der Waals surface area contributed by atoms with Gasteiger partial charge in [0.1, 0.15) is 0 Å². The molecule has 0 aromatic rings. The zero-order chi connectivity index (χ0) is 10.6. The third kappa shape index (κ3) is 3.10. The number of nitrogens with one attached hydrogen (secondary N) is 1. The lowest BCUT2D eigenvalue weighted by atomic mass is 9.97. The Hall–Kier alpha value is -0.340. The van der Waals surface area contributed by atoms with E-state index in [1.165, 1.54) is 18.4 Å². The Kier molecular flexibility index (Phi) is 4.63. The molecule has 0 bridgehead atoms. The number of rotatable bonds is 6. The van der Waals surface area contributed by atoms with E-state index in [0.29, 0.717) is 12.0 Å². The first-order chi connectivity index (χ1) is 6.72. The Bertz CT molecular complexity index is 196. The largest absolute Gasteiger partial charge is 0.392 e. The smallest absolute Gasteiger partial charge is 0.0657 e. The maximum atomic E-state index is 9.34. The van der Waals surface area contributed by atoms with E-state index in [-0.39, 0.29) is 6.61 Å². The molecule has 1 aliphatic rings. The van der Waals surface area contributed by atoms with E-state index in [2.05, 4.69) is 25.2 Å². The molecular formula is C12H23NO. The van der Waals surface area contributed by atoms with Crippen molar-refractivity contribution in [2.75, 3.05) is 13.7 Å². The van der Waals surface area contributed by atoms with Gasteiger partial charge in [0.2, 0.25) is 0 Å². The summed E-state index contributed by atoms with van der Waals surface area (Å²) in [5.41, 5.74) is 1.18. The Balaban J connectivity index is 2.61. The lowest BCUT2D eigenvalue weighted by Crippen LogP contribution is -2.31. The minimum atomic E-state index is 0.201. The zero-order valence-corrected chi connectivity index (χ0v) is 9.59. The molecule has 2 unspecified atom stereocenters. The van der Waals surface area contributed by atoms with Crippen molar-refractivity contribution in [1.29, 1.82) is 0 Å². The lowest BCUT2D eigenvalue weighted by molar-refractivity contribution is 0.312. The SMILES string of the molecule is CCC(C)/C=C(/CO)C(NC)C1CC1. The number of aliphatic hydroxyl groups excluding tert-OH is 1. The molecule has 0 amide bonds. The highest BCUT2D eigenvalue weighted by atomic mass is 16.3. The molecule has 0 aromatic carbocycles. The first kappa shape index (κ1) is 11.7. The van der Waals surface area contributed by atoms with Crippen molar-refractivity contribution in [3.8, 4) is 0 Å². The predicted molar refractivity (Wildman–Crippen MR) is 60.2 cm³/mol. The summed E-state index contributed by atoms with van der Waals surface area (Å²) in [4.78, 5) is 0. The van der Waals surface area contributed by atoms with Crippen LogP contribution in [0.1, 0.15) is 33.1 Å². The van der Waals surface area contributed by atoms with Gasteiger partial charge < -0.3 is 10.4 Å². The first-order valence-corrected chi connectivity index (χ1v) is 5.71. The van der Waals surface area contributed by atoms with Gasteiger partial charge in [-0.25, -0.2) is 0 Å². The monoisotopic (exact) mass is 197 g/mol. The molecule has 2 atom stereocenters. The molecule has 0 radical (unpaired) electrons. The summed E-state index contributed by atoms with van der Waals surface area (Å²) in [6.07, 6.45) is 6.00. The van der Waals surface area contributed by atoms with Crippen molar-refractivity contribution in [2.45, 2.75) is 39.2 Å². The average Bonchev–Trinajstić information content (AvgIpc) is 3.01. The molecule has 0 aromatic heterocycles. The molecule has 14 heavy (non-hydrogen) atoms. The Morgan fingerprint density at radius 3 is 2.57 bits per heavy atom. The van der Waals surface area contributed by atoms with E-state index in [0.717, 1.165) is 12.3 Å². The maximum Gasteiger partial charge on any atom is 0.0657 e. The molecule has 0 heterocycles. The summed E-state index contributed by atoms with van der Waals surface area (Å²) < 4.78 is 0. The topological polar surface area (TPSA) is 32.3 Å². The van der Waals surface area contributed by atoms with Crippen LogP contribution in [0.15, 0.2) is 11.6 Å². The fourth-order valence-electron chi connectivity index (χ4n) is 1.89. The van der Waals surface area contributed by atoms with Gasteiger partial charge >= 0.3 is 0 Å². The Morgan fingerprint density at radius 1 is 1.57 bits per heavy atom. The summed E-state index contributed by atoms with van der Waals surface area (Å²) in [6, 6.07) is 0.411. The molecule has 2 nitrogen and oxygen atoms in total. The van der Waals surface area contributed by atoms with Crippen LogP contribution in [0.5, 0.6) is 0 Å². The van der Waals surface area contributed by atoms with Gasteiger partial charge in [-0.05, 0) is 37.3 Å². The van der Waals surface area contributed by atoms with Gasteiger partial charge in [-0.1, -0.05) is 26.3 Å². The Labute approximate surface area is 87.4 Å². The van der Waals surface area contributed by atoms with E-state index in [9.17, 15) is 5.11 Å². The van der Waals surface area contributed by atoms with Gasteiger partial charge in [0.05, 0.1) is 6.61 Å². The molecule has 0 spiro atoms. The molecule has 2 N–H and O–H groups in total. The second kappa shape index (κ2) is 5.52. The number of hydrogen-bond donors (Lipinski definition) is 2. The van der Waals surface area contributed by atoms with Crippen LogP contribution in [0.25, 0.3) is 0 Å². The van der Waals surface area contributed by atoms with Crippen LogP contribution in [-0.4, -0.2) is 24.8 Å². The third-order valence-corrected chi connectivity index (χ3v) is 3.13. The summed E-state index contributed by atoms with van der Waals surface area (Å²) in [5.74, 6) is 1.34. The van der Waals surface area contributed by atoms with Gasteiger partial charge in [-0.15, -0.1) is 0 Å². The molecular weight excluding hydrogens is 174 g/mol. The average molecular weight is 197 g/mol. The van der Waals surface area contributed by atoms with E-state index in [1.807, 2.05) is 7.05 Å². The summed E-state index contributed by atoms with van der Waals surface area (Å²) >= 11 is 0. The first-order valence-electron chi connectivity index (χ1n) is 5.71. The molecule has 82 valence electrons. The lowest BCUT2D eigenvalue weighted by Gasteiger charge is -2.19. The van der Waals surface area contributed by atoms with Crippen molar-refractivity contribution in [3.63, 3.8) is 0 Å².